The Bertz CT molecular complexity index is 932. The molecule has 0 atom stereocenters. The van der Waals surface area contributed by atoms with Crippen LogP contribution in [0.25, 0.3) is 0 Å². The summed E-state index contributed by atoms with van der Waals surface area (Å²) in [6.45, 7) is 11.4. The molecular weight excluding hydrogens is 442 g/mol. The van der Waals surface area contributed by atoms with Crippen molar-refractivity contribution in [3.05, 3.63) is 59.8 Å². The lowest BCUT2D eigenvalue weighted by atomic mass is 10.2. The number of hydrogen-bond donors (Lipinski definition) is 2. The SMILES string of the molecule is CC.CC.Nc1ccc(Sc2nc(Nc3ccc(N4CCOCC4)cc3)ncc2Cl)cc1. The molecule has 1 aliphatic rings. The van der Waals surface area contributed by atoms with Gasteiger partial charge in [0.05, 0.1) is 24.4 Å². The van der Waals surface area contributed by atoms with Crippen LogP contribution in [0.15, 0.2) is 64.6 Å². The molecule has 3 N–H and O–H groups in total. The molecule has 2 heterocycles. The van der Waals surface area contributed by atoms with Gasteiger partial charge >= 0.3 is 0 Å². The number of hydrogen-bond acceptors (Lipinski definition) is 7. The number of nitrogens with zero attached hydrogens (tertiary/aromatic N) is 3. The summed E-state index contributed by atoms with van der Waals surface area (Å²) in [5.74, 6) is 0.501. The summed E-state index contributed by atoms with van der Waals surface area (Å²) in [5.41, 5.74) is 8.57. The highest BCUT2D eigenvalue weighted by Gasteiger charge is 2.11. The number of rotatable bonds is 5. The summed E-state index contributed by atoms with van der Waals surface area (Å²) in [7, 11) is 0. The first kappa shape index (κ1) is 25.8. The van der Waals surface area contributed by atoms with E-state index in [0.717, 1.165) is 42.6 Å². The van der Waals surface area contributed by atoms with E-state index in [-0.39, 0.29) is 0 Å². The molecule has 4 rings (SSSR count). The number of halogens is 1. The molecule has 2 aromatic carbocycles. The number of nitrogens with two attached hydrogens (primary N) is 1. The zero-order valence-electron chi connectivity index (χ0n) is 19.1. The Hall–Kier alpha value is -2.48. The number of anilines is 4. The molecule has 3 aromatic rings. The summed E-state index contributed by atoms with van der Waals surface area (Å²) in [6.07, 6.45) is 1.61. The Kier molecular flexibility index (Phi) is 11.1. The number of benzene rings is 2. The van der Waals surface area contributed by atoms with Gasteiger partial charge in [0.25, 0.3) is 0 Å². The zero-order valence-corrected chi connectivity index (χ0v) is 20.7. The van der Waals surface area contributed by atoms with Gasteiger partial charge in [-0.3, -0.25) is 0 Å². The number of morpholine rings is 1. The third-order valence-corrected chi connectivity index (χ3v) is 5.71. The predicted octanol–water partition coefficient (Wildman–Crippen LogP) is 6.50. The molecule has 1 aliphatic heterocycles. The van der Waals surface area contributed by atoms with Gasteiger partial charge in [-0.15, -0.1) is 0 Å². The molecule has 0 bridgehead atoms. The van der Waals surface area contributed by atoms with E-state index >= 15 is 0 Å². The second-order valence-electron chi connectivity index (χ2n) is 6.29. The summed E-state index contributed by atoms with van der Waals surface area (Å²) in [6, 6.07) is 15.8. The Labute approximate surface area is 200 Å². The van der Waals surface area contributed by atoms with Crippen LogP contribution in [0.4, 0.5) is 23.0 Å². The lowest BCUT2D eigenvalue weighted by molar-refractivity contribution is 0.122. The van der Waals surface area contributed by atoms with E-state index in [1.807, 2.05) is 64.1 Å². The second kappa shape index (κ2) is 13.8. The van der Waals surface area contributed by atoms with Crippen LogP contribution in [0.1, 0.15) is 27.7 Å². The van der Waals surface area contributed by atoms with Gasteiger partial charge in [-0.05, 0) is 48.5 Å². The van der Waals surface area contributed by atoms with Crippen molar-refractivity contribution in [2.24, 2.45) is 0 Å². The normalized spacial score (nSPS) is 12.7. The molecule has 0 unspecified atom stereocenters. The third-order valence-electron chi connectivity index (χ3n) is 4.31. The maximum atomic E-state index is 6.27. The van der Waals surface area contributed by atoms with Crippen LogP contribution in [0.3, 0.4) is 0 Å². The molecule has 0 spiro atoms. The predicted molar refractivity (Wildman–Crippen MR) is 137 cm³/mol. The molecule has 1 aromatic heterocycles. The molecule has 6 nitrogen and oxygen atoms in total. The van der Waals surface area contributed by atoms with E-state index in [4.69, 9.17) is 22.1 Å². The standard InChI is InChI=1S/C20H20ClN5OS.2C2H6/c21-18-13-23-20(25-19(18)28-17-7-1-14(22)2-8-17)24-15-3-5-16(6-4-15)26-9-11-27-12-10-26;2*1-2/h1-8,13H,9-12,22H2,(H,23,24,25);2*1-2H3. The maximum absolute atomic E-state index is 6.27. The minimum Gasteiger partial charge on any atom is -0.399 e. The van der Waals surface area contributed by atoms with Crippen molar-refractivity contribution < 1.29 is 4.74 Å². The first-order valence-corrected chi connectivity index (χ1v) is 12.1. The Morgan fingerprint density at radius 2 is 1.59 bits per heavy atom. The number of nitrogens with one attached hydrogen (secondary N) is 1. The first-order valence-electron chi connectivity index (χ1n) is 10.9. The van der Waals surface area contributed by atoms with Gasteiger partial charge < -0.3 is 20.7 Å². The molecule has 0 saturated carbocycles. The van der Waals surface area contributed by atoms with Crippen LogP contribution in [-0.4, -0.2) is 36.3 Å². The lowest BCUT2D eigenvalue weighted by Crippen LogP contribution is -2.36. The summed E-state index contributed by atoms with van der Waals surface area (Å²) in [4.78, 5) is 12.2. The average Bonchev–Trinajstić information content (AvgIpc) is 2.86. The fourth-order valence-corrected chi connectivity index (χ4v) is 3.82. The second-order valence-corrected chi connectivity index (χ2v) is 7.76. The van der Waals surface area contributed by atoms with Crippen LogP contribution < -0.4 is 16.0 Å². The van der Waals surface area contributed by atoms with Crippen LogP contribution in [0, 0.1) is 0 Å². The van der Waals surface area contributed by atoms with Gasteiger partial charge in [0, 0.05) is 35.0 Å². The van der Waals surface area contributed by atoms with Crippen molar-refractivity contribution >= 4 is 46.4 Å². The van der Waals surface area contributed by atoms with Gasteiger partial charge in [-0.25, -0.2) is 9.97 Å². The minimum atomic E-state index is 0.501. The van der Waals surface area contributed by atoms with Crippen LogP contribution >= 0.6 is 23.4 Å². The fraction of sp³-hybridized carbons (Fsp3) is 0.333. The molecule has 1 fully saturated rings. The van der Waals surface area contributed by atoms with E-state index in [2.05, 4.69) is 32.3 Å². The molecule has 32 heavy (non-hydrogen) atoms. The quantitative estimate of drug-likeness (QED) is 0.323. The monoisotopic (exact) mass is 473 g/mol. The van der Waals surface area contributed by atoms with Crippen LogP contribution in [0.2, 0.25) is 5.02 Å². The number of ether oxygens (including phenoxy) is 1. The number of aromatic nitrogens is 2. The van der Waals surface area contributed by atoms with Gasteiger partial charge in [0.2, 0.25) is 5.95 Å². The highest BCUT2D eigenvalue weighted by molar-refractivity contribution is 7.99. The van der Waals surface area contributed by atoms with E-state index < -0.39 is 0 Å². The van der Waals surface area contributed by atoms with E-state index in [1.54, 1.807) is 6.20 Å². The molecule has 0 radical (unpaired) electrons. The lowest BCUT2D eigenvalue weighted by Gasteiger charge is -2.28. The van der Waals surface area contributed by atoms with E-state index in [1.165, 1.54) is 17.4 Å². The molecule has 0 amide bonds. The van der Waals surface area contributed by atoms with Crippen molar-refractivity contribution in [1.29, 1.82) is 0 Å². The molecule has 0 aliphatic carbocycles. The third kappa shape index (κ3) is 7.58. The van der Waals surface area contributed by atoms with Gasteiger partial charge in [-0.2, -0.15) is 0 Å². The Morgan fingerprint density at radius 3 is 2.22 bits per heavy atom. The zero-order chi connectivity index (χ0) is 23.3. The van der Waals surface area contributed by atoms with Crippen molar-refractivity contribution in [3.63, 3.8) is 0 Å². The average molecular weight is 474 g/mol. The highest BCUT2D eigenvalue weighted by Crippen LogP contribution is 2.32. The molecule has 8 heteroatoms. The fourth-order valence-electron chi connectivity index (χ4n) is 2.84. The van der Waals surface area contributed by atoms with Gasteiger partial charge in [0.15, 0.2) is 0 Å². The van der Waals surface area contributed by atoms with E-state index in [9.17, 15) is 0 Å². The summed E-state index contributed by atoms with van der Waals surface area (Å²) >= 11 is 7.74. The molecule has 1 saturated heterocycles. The Balaban J connectivity index is 0.000000860. The molecular formula is C24H32ClN5OS. The van der Waals surface area contributed by atoms with Crippen molar-refractivity contribution in [3.8, 4) is 0 Å². The summed E-state index contributed by atoms with van der Waals surface area (Å²) in [5, 5.41) is 4.44. The smallest absolute Gasteiger partial charge is 0.228 e. The van der Waals surface area contributed by atoms with Gasteiger partial charge in [0.1, 0.15) is 5.03 Å². The highest BCUT2D eigenvalue weighted by atomic mass is 35.5. The van der Waals surface area contributed by atoms with Gasteiger partial charge in [-0.1, -0.05) is 51.1 Å². The minimum absolute atomic E-state index is 0.501. The maximum Gasteiger partial charge on any atom is 0.228 e. The van der Waals surface area contributed by atoms with E-state index in [0.29, 0.717) is 16.0 Å². The van der Waals surface area contributed by atoms with Crippen molar-refractivity contribution in [2.75, 3.05) is 42.3 Å². The molecule has 172 valence electrons. The van der Waals surface area contributed by atoms with Crippen molar-refractivity contribution in [2.45, 2.75) is 37.6 Å². The first-order chi connectivity index (χ1) is 15.7. The topological polar surface area (TPSA) is 76.3 Å². The van der Waals surface area contributed by atoms with Crippen LogP contribution in [0.5, 0.6) is 0 Å². The van der Waals surface area contributed by atoms with Crippen LogP contribution in [-0.2, 0) is 4.74 Å². The number of nitrogen functional groups attached to an aromatic ring is 1. The summed E-state index contributed by atoms with van der Waals surface area (Å²) < 4.78 is 5.40. The largest absolute Gasteiger partial charge is 0.399 e. The Morgan fingerprint density at radius 1 is 0.969 bits per heavy atom. The van der Waals surface area contributed by atoms with Crippen molar-refractivity contribution in [1.82, 2.24) is 9.97 Å².